The molecule has 10 heteroatoms. The summed E-state index contributed by atoms with van der Waals surface area (Å²) in [5.74, 6) is 0. The largest absolute Gasteiger partial charge is 0.243 e. The average Bonchev–Trinajstić information content (AvgIpc) is 3.76. The van der Waals surface area contributed by atoms with Crippen molar-refractivity contribution in [3.63, 3.8) is 0 Å². The predicted octanol–water partition coefficient (Wildman–Crippen LogP) is 13.0. The minimum absolute atomic E-state index is 0.594. The summed E-state index contributed by atoms with van der Waals surface area (Å²) in [6, 6.07) is 47.8. The molecular formula is C42H24Br4Cl2N4. The van der Waals surface area contributed by atoms with Gasteiger partial charge in [-0.3, -0.25) is 0 Å². The number of halogens is 6. The Bertz CT molecular complexity index is 2130. The lowest BCUT2D eigenvalue weighted by Crippen LogP contribution is -2.43. The zero-order valence-corrected chi connectivity index (χ0v) is 34.8. The smallest absolute Gasteiger partial charge is 0.226 e. The van der Waals surface area contributed by atoms with Gasteiger partial charge in [-0.25, -0.2) is 20.0 Å². The Kier molecular flexibility index (Phi) is 9.83. The first-order valence-electron chi connectivity index (χ1n) is 16.1. The summed E-state index contributed by atoms with van der Waals surface area (Å²) in [4.78, 5) is 22.9. The maximum Gasteiger partial charge on any atom is 0.226 e. The number of benzene rings is 6. The van der Waals surface area contributed by atoms with E-state index in [4.69, 9.17) is 43.2 Å². The Morgan fingerprint density at radius 3 is 0.731 bits per heavy atom. The monoisotopic (exact) mass is 970 g/mol. The number of hydrogen-bond donors (Lipinski definition) is 0. The summed E-state index contributed by atoms with van der Waals surface area (Å²) in [6.45, 7) is 0. The van der Waals surface area contributed by atoms with Crippen molar-refractivity contribution < 1.29 is 0 Å². The molecule has 52 heavy (non-hydrogen) atoms. The van der Waals surface area contributed by atoms with Gasteiger partial charge in [-0.15, -0.1) is 0 Å². The van der Waals surface area contributed by atoms with Crippen molar-refractivity contribution in [1.29, 1.82) is 0 Å². The summed E-state index contributed by atoms with van der Waals surface area (Å²) >= 11 is 27.5. The van der Waals surface area contributed by atoms with E-state index >= 15 is 0 Å². The Labute approximate surface area is 345 Å². The highest BCUT2D eigenvalue weighted by Gasteiger charge is 2.60. The van der Waals surface area contributed by atoms with Gasteiger partial charge in [-0.1, -0.05) is 160 Å². The molecule has 254 valence electrons. The highest BCUT2D eigenvalue weighted by molar-refractivity contribution is 9.11. The summed E-state index contributed by atoms with van der Waals surface area (Å²) in [6.07, 6.45) is 0. The Morgan fingerprint density at radius 1 is 0.308 bits per heavy atom. The summed E-state index contributed by atoms with van der Waals surface area (Å²) in [5.41, 5.74) is 5.13. The zero-order valence-electron chi connectivity index (χ0n) is 26.9. The lowest BCUT2D eigenvalue weighted by atomic mass is 9.82. The van der Waals surface area contributed by atoms with Crippen LogP contribution >= 0.6 is 86.9 Å². The number of aliphatic imine (C=N–C) groups is 4. The van der Waals surface area contributed by atoms with E-state index < -0.39 is 11.3 Å². The van der Waals surface area contributed by atoms with Gasteiger partial charge in [0.15, 0.2) is 0 Å². The van der Waals surface area contributed by atoms with Gasteiger partial charge in [-0.2, -0.15) is 0 Å². The normalized spacial score (nSPS) is 15.9. The molecule has 0 N–H and O–H groups in total. The first-order valence-corrected chi connectivity index (χ1v) is 20.0. The lowest BCUT2D eigenvalue weighted by Gasteiger charge is -2.38. The van der Waals surface area contributed by atoms with E-state index in [0.717, 1.165) is 51.3 Å². The van der Waals surface area contributed by atoms with E-state index in [-0.39, 0.29) is 0 Å². The molecule has 0 unspecified atom stereocenters. The van der Waals surface area contributed by atoms with Gasteiger partial charge < -0.3 is 0 Å². The second kappa shape index (κ2) is 14.4. The van der Waals surface area contributed by atoms with E-state index in [9.17, 15) is 0 Å². The standard InChI is InChI=1S/C42H24Br4Cl2N4/c43-31-13-1-25(2-14-31)37-38(26-3-15-32(44)16-4-26)50-41(49-37,29-9-21-35(47)22-10-29)42(30-11-23-36(48)24-12-30)51-39(27-5-17-33(45)18-6-27)40(52-42)28-7-19-34(46)20-8-28/h1-24H. The number of hydrogen-bond acceptors (Lipinski definition) is 4. The van der Waals surface area contributed by atoms with Crippen molar-refractivity contribution in [1.82, 2.24) is 0 Å². The Hall–Kier alpha value is -3.50. The van der Waals surface area contributed by atoms with Crippen LogP contribution in [-0.2, 0) is 11.3 Å². The fraction of sp³-hybridized carbons (Fsp3) is 0.0476. The molecule has 6 aromatic carbocycles. The molecule has 0 aromatic heterocycles. The van der Waals surface area contributed by atoms with E-state index in [1.807, 2.05) is 146 Å². The SMILES string of the molecule is Clc1ccc(C2(C3(c4ccc(Cl)cc4)N=C(c4ccc(Br)cc4)C(c4ccc(Br)cc4)=N3)N=C(c3ccc(Br)cc3)C(c3ccc(Br)cc3)=N2)cc1. The Balaban J connectivity index is 1.52. The summed E-state index contributed by atoms with van der Waals surface area (Å²) in [7, 11) is 0. The quantitative estimate of drug-likeness (QED) is 0.153. The van der Waals surface area contributed by atoms with Gasteiger partial charge in [0.2, 0.25) is 11.3 Å². The van der Waals surface area contributed by atoms with Crippen LogP contribution in [0.1, 0.15) is 33.4 Å². The minimum atomic E-state index is -1.44. The van der Waals surface area contributed by atoms with E-state index in [1.54, 1.807) is 0 Å². The van der Waals surface area contributed by atoms with Crippen molar-refractivity contribution in [2.45, 2.75) is 11.3 Å². The third-order valence-electron chi connectivity index (χ3n) is 8.99. The van der Waals surface area contributed by atoms with Crippen LogP contribution < -0.4 is 0 Å². The molecule has 2 heterocycles. The maximum atomic E-state index is 6.55. The van der Waals surface area contributed by atoms with Gasteiger partial charge in [0.05, 0.1) is 22.8 Å². The van der Waals surface area contributed by atoms with Crippen LogP contribution in [0.5, 0.6) is 0 Å². The fourth-order valence-electron chi connectivity index (χ4n) is 6.48. The van der Waals surface area contributed by atoms with Gasteiger partial charge in [-0.05, 0) is 72.8 Å². The molecule has 0 saturated heterocycles. The number of nitrogens with zero attached hydrogens (tertiary/aromatic N) is 4. The molecule has 2 aliphatic heterocycles. The van der Waals surface area contributed by atoms with Crippen LogP contribution in [0.3, 0.4) is 0 Å². The van der Waals surface area contributed by atoms with Crippen molar-refractivity contribution in [2.75, 3.05) is 0 Å². The first-order chi connectivity index (χ1) is 25.1. The van der Waals surface area contributed by atoms with E-state index in [1.165, 1.54) is 0 Å². The average molecular weight is 975 g/mol. The molecule has 0 saturated carbocycles. The second-order valence-corrected chi connectivity index (χ2v) is 16.8. The molecule has 0 radical (unpaired) electrons. The predicted molar refractivity (Wildman–Crippen MR) is 229 cm³/mol. The van der Waals surface area contributed by atoms with Crippen LogP contribution in [0.2, 0.25) is 10.0 Å². The molecule has 2 aliphatic rings. The van der Waals surface area contributed by atoms with Gasteiger partial charge >= 0.3 is 0 Å². The highest BCUT2D eigenvalue weighted by atomic mass is 79.9. The Morgan fingerprint density at radius 2 is 0.519 bits per heavy atom. The summed E-state index contributed by atoms with van der Waals surface area (Å²) in [5, 5.41) is 1.19. The van der Waals surface area contributed by atoms with Crippen molar-refractivity contribution in [3.05, 3.63) is 207 Å². The molecule has 0 spiro atoms. The van der Waals surface area contributed by atoms with Gasteiger partial charge in [0.1, 0.15) is 0 Å². The molecule has 0 aliphatic carbocycles. The van der Waals surface area contributed by atoms with E-state index in [0.29, 0.717) is 32.9 Å². The van der Waals surface area contributed by atoms with E-state index in [2.05, 4.69) is 63.7 Å². The van der Waals surface area contributed by atoms with Crippen LogP contribution in [0.15, 0.2) is 183 Å². The molecule has 0 atom stereocenters. The zero-order chi connectivity index (χ0) is 36.0. The molecule has 0 amide bonds. The lowest BCUT2D eigenvalue weighted by molar-refractivity contribution is 0.257. The summed E-state index contributed by atoms with van der Waals surface area (Å²) < 4.78 is 3.84. The molecule has 0 bridgehead atoms. The maximum absolute atomic E-state index is 6.55. The van der Waals surface area contributed by atoms with Crippen LogP contribution in [0, 0.1) is 0 Å². The first kappa shape index (κ1) is 35.5. The van der Waals surface area contributed by atoms with Gasteiger partial charge in [0, 0.05) is 61.3 Å². The molecule has 0 fully saturated rings. The number of rotatable bonds is 7. The molecule has 6 aromatic rings. The second-order valence-electron chi connectivity index (χ2n) is 12.2. The van der Waals surface area contributed by atoms with Crippen LogP contribution in [0.4, 0.5) is 0 Å². The third-order valence-corrected chi connectivity index (χ3v) is 11.6. The molecule has 4 nitrogen and oxygen atoms in total. The van der Waals surface area contributed by atoms with Crippen LogP contribution in [0.25, 0.3) is 0 Å². The fourth-order valence-corrected chi connectivity index (χ4v) is 7.79. The third kappa shape index (κ3) is 6.52. The van der Waals surface area contributed by atoms with Crippen molar-refractivity contribution in [2.24, 2.45) is 20.0 Å². The highest BCUT2D eigenvalue weighted by Crippen LogP contribution is 2.55. The van der Waals surface area contributed by atoms with Crippen molar-refractivity contribution >= 4 is 110 Å². The topological polar surface area (TPSA) is 49.4 Å². The van der Waals surface area contributed by atoms with Gasteiger partial charge in [0.25, 0.3) is 0 Å². The van der Waals surface area contributed by atoms with Crippen molar-refractivity contribution in [3.8, 4) is 0 Å². The molecule has 8 rings (SSSR count). The molecular weight excluding hydrogens is 951 g/mol. The van der Waals surface area contributed by atoms with Crippen LogP contribution in [-0.4, -0.2) is 22.8 Å². The minimum Gasteiger partial charge on any atom is -0.243 e.